The minimum absolute atomic E-state index is 0.0510. The molecule has 16 heavy (non-hydrogen) atoms. The summed E-state index contributed by atoms with van der Waals surface area (Å²) in [6.45, 7) is 0.0510. The summed E-state index contributed by atoms with van der Waals surface area (Å²) < 4.78 is 1.42. The van der Waals surface area contributed by atoms with Crippen LogP contribution < -0.4 is 11.1 Å². The highest BCUT2D eigenvalue weighted by atomic mass is 16.2. The maximum absolute atomic E-state index is 11.5. The standard InChI is InChI=1S/C7H10N8O/c1-14-12-7(11-13-14)10-6(16)4-15-3-5(8)2-9-15/h2-3H,4,8H2,1H3,(H,10,12,16). The average Bonchev–Trinajstić information content (AvgIpc) is 2.76. The lowest BCUT2D eigenvalue weighted by Gasteiger charge is -1.99. The van der Waals surface area contributed by atoms with Gasteiger partial charge in [-0.1, -0.05) is 5.10 Å². The van der Waals surface area contributed by atoms with E-state index in [4.69, 9.17) is 5.73 Å². The predicted octanol–water partition coefficient (Wildman–Crippen LogP) is -1.37. The molecule has 0 radical (unpaired) electrons. The number of carbonyl (C=O) groups excluding carboxylic acids is 1. The van der Waals surface area contributed by atoms with Crippen molar-refractivity contribution in [2.24, 2.45) is 7.05 Å². The Morgan fingerprint density at radius 3 is 3.00 bits per heavy atom. The summed E-state index contributed by atoms with van der Waals surface area (Å²) in [4.78, 5) is 12.7. The Labute approximate surface area is 90.2 Å². The number of nitrogens with one attached hydrogen (secondary N) is 1. The predicted molar refractivity (Wildman–Crippen MR) is 54.1 cm³/mol. The van der Waals surface area contributed by atoms with Crippen molar-refractivity contribution in [2.75, 3.05) is 11.1 Å². The van der Waals surface area contributed by atoms with Gasteiger partial charge in [-0.25, -0.2) is 0 Å². The minimum atomic E-state index is -0.295. The van der Waals surface area contributed by atoms with Crippen LogP contribution in [0.25, 0.3) is 0 Å². The van der Waals surface area contributed by atoms with Crippen molar-refractivity contribution in [1.82, 2.24) is 30.0 Å². The van der Waals surface area contributed by atoms with Crippen molar-refractivity contribution in [3.8, 4) is 0 Å². The number of amides is 1. The Kier molecular flexibility index (Phi) is 2.50. The van der Waals surface area contributed by atoms with Gasteiger partial charge in [-0.3, -0.25) is 14.8 Å². The van der Waals surface area contributed by atoms with Crippen molar-refractivity contribution in [3.05, 3.63) is 12.4 Å². The smallest absolute Gasteiger partial charge is 0.270 e. The van der Waals surface area contributed by atoms with Gasteiger partial charge in [-0.2, -0.15) is 9.90 Å². The van der Waals surface area contributed by atoms with Crippen molar-refractivity contribution >= 4 is 17.5 Å². The van der Waals surface area contributed by atoms with E-state index in [0.29, 0.717) is 5.69 Å². The van der Waals surface area contributed by atoms with Gasteiger partial charge in [-0.05, 0) is 5.21 Å². The molecule has 9 nitrogen and oxygen atoms in total. The first-order valence-electron chi connectivity index (χ1n) is 4.45. The third-order valence-electron chi connectivity index (χ3n) is 1.72. The molecule has 0 fully saturated rings. The molecule has 2 rings (SSSR count). The first-order chi connectivity index (χ1) is 7.63. The highest BCUT2D eigenvalue weighted by Crippen LogP contribution is 1.98. The average molecular weight is 222 g/mol. The van der Waals surface area contributed by atoms with Crippen LogP contribution in [0.15, 0.2) is 12.4 Å². The normalized spacial score (nSPS) is 10.3. The molecule has 1 amide bonds. The van der Waals surface area contributed by atoms with E-state index in [2.05, 4.69) is 25.8 Å². The summed E-state index contributed by atoms with van der Waals surface area (Å²) in [5.41, 5.74) is 5.96. The van der Waals surface area contributed by atoms with Crippen LogP contribution in [0.4, 0.5) is 11.6 Å². The number of rotatable bonds is 3. The SMILES string of the molecule is Cn1nnc(NC(=O)Cn2cc(N)cn2)n1. The maximum Gasteiger partial charge on any atom is 0.270 e. The zero-order valence-corrected chi connectivity index (χ0v) is 8.53. The van der Waals surface area contributed by atoms with E-state index in [1.165, 1.54) is 15.7 Å². The van der Waals surface area contributed by atoms with Gasteiger partial charge in [0.15, 0.2) is 0 Å². The molecule has 0 saturated heterocycles. The van der Waals surface area contributed by atoms with E-state index >= 15 is 0 Å². The zero-order chi connectivity index (χ0) is 11.5. The van der Waals surface area contributed by atoms with Gasteiger partial charge in [0, 0.05) is 6.20 Å². The number of carbonyl (C=O) groups is 1. The summed E-state index contributed by atoms with van der Waals surface area (Å²) in [6.07, 6.45) is 3.03. The molecule has 2 heterocycles. The lowest BCUT2D eigenvalue weighted by Crippen LogP contribution is -2.19. The van der Waals surface area contributed by atoms with E-state index in [9.17, 15) is 4.79 Å². The molecule has 84 valence electrons. The Hall–Kier alpha value is -2.45. The van der Waals surface area contributed by atoms with Crippen LogP contribution in [0.5, 0.6) is 0 Å². The molecule has 0 bridgehead atoms. The summed E-state index contributed by atoms with van der Waals surface area (Å²) in [5, 5.41) is 17.3. The Morgan fingerprint density at radius 2 is 2.44 bits per heavy atom. The molecular formula is C7H10N8O. The molecule has 2 aromatic rings. The number of nitrogens with zero attached hydrogens (tertiary/aromatic N) is 6. The van der Waals surface area contributed by atoms with Crippen LogP contribution in [-0.4, -0.2) is 35.9 Å². The van der Waals surface area contributed by atoms with Gasteiger partial charge < -0.3 is 5.73 Å². The monoisotopic (exact) mass is 222 g/mol. The van der Waals surface area contributed by atoms with Crippen LogP contribution in [0.2, 0.25) is 0 Å². The summed E-state index contributed by atoms with van der Waals surface area (Å²) in [5.74, 6) is -0.135. The van der Waals surface area contributed by atoms with Gasteiger partial charge in [-0.15, -0.1) is 5.10 Å². The van der Waals surface area contributed by atoms with E-state index in [1.54, 1.807) is 13.2 Å². The van der Waals surface area contributed by atoms with Gasteiger partial charge in [0.25, 0.3) is 5.95 Å². The van der Waals surface area contributed by atoms with Crippen molar-refractivity contribution in [2.45, 2.75) is 6.54 Å². The van der Waals surface area contributed by atoms with Crippen LogP contribution in [0.1, 0.15) is 0 Å². The molecule has 0 aliphatic carbocycles. The molecule has 0 aromatic carbocycles. The van der Waals surface area contributed by atoms with Crippen LogP contribution >= 0.6 is 0 Å². The number of anilines is 2. The number of nitrogens with two attached hydrogens (primary N) is 1. The highest BCUT2D eigenvalue weighted by Gasteiger charge is 2.07. The summed E-state index contributed by atoms with van der Waals surface area (Å²) in [7, 11) is 1.61. The second kappa shape index (κ2) is 3.96. The van der Waals surface area contributed by atoms with Crippen molar-refractivity contribution in [3.63, 3.8) is 0 Å². The van der Waals surface area contributed by atoms with Crippen LogP contribution in [0.3, 0.4) is 0 Å². The zero-order valence-electron chi connectivity index (χ0n) is 8.53. The number of aromatic nitrogens is 6. The van der Waals surface area contributed by atoms with Gasteiger partial charge in [0.05, 0.1) is 18.9 Å². The number of hydrogen-bond acceptors (Lipinski definition) is 6. The highest BCUT2D eigenvalue weighted by molar-refractivity contribution is 5.88. The van der Waals surface area contributed by atoms with Crippen molar-refractivity contribution < 1.29 is 4.79 Å². The third-order valence-corrected chi connectivity index (χ3v) is 1.72. The number of nitrogen functional groups attached to an aromatic ring is 1. The first-order valence-corrected chi connectivity index (χ1v) is 4.45. The molecular weight excluding hydrogens is 212 g/mol. The molecule has 0 unspecified atom stereocenters. The van der Waals surface area contributed by atoms with Gasteiger partial charge in [0.2, 0.25) is 5.91 Å². The second-order valence-electron chi connectivity index (χ2n) is 3.12. The van der Waals surface area contributed by atoms with E-state index in [1.807, 2.05) is 0 Å². The number of aryl methyl sites for hydroxylation is 1. The molecule has 9 heteroatoms. The molecule has 0 saturated carbocycles. The first kappa shape index (κ1) is 10.1. The second-order valence-corrected chi connectivity index (χ2v) is 3.12. The molecule has 0 spiro atoms. The fourth-order valence-electron chi connectivity index (χ4n) is 1.11. The molecule has 0 aliphatic heterocycles. The van der Waals surface area contributed by atoms with E-state index in [0.717, 1.165) is 0 Å². The van der Waals surface area contributed by atoms with Gasteiger partial charge in [0.1, 0.15) is 6.54 Å². The van der Waals surface area contributed by atoms with Crippen molar-refractivity contribution in [1.29, 1.82) is 0 Å². The topological polar surface area (TPSA) is 117 Å². The third kappa shape index (κ3) is 2.32. The van der Waals surface area contributed by atoms with Crippen LogP contribution in [-0.2, 0) is 18.4 Å². The summed E-state index contributed by atoms with van der Waals surface area (Å²) in [6, 6.07) is 0. The quantitative estimate of drug-likeness (QED) is 0.661. The lowest BCUT2D eigenvalue weighted by atomic mass is 10.5. The maximum atomic E-state index is 11.5. The molecule has 0 aliphatic rings. The Balaban J connectivity index is 1.94. The fraction of sp³-hybridized carbons (Fsp3) is 0.286. The Morgan fingerprint density at radius 1 is 1.62 bits per heavy atom. The van der Waals surface area contributed by atoms with Crippen LogP contribution in [0, 0.1) is 0 Å². The summed E-state index contributed by atoms with van der Waals surface area (Å²) >= 11 is 0. The fourth-order valence-corrected chi connectivity index (χ4v) is 1.11. The van der Waals surface area contributed by atoms with Gasteiger partial charge >= 0.3 is 0 Å². The molecule has 2 aromatic heterocycles. The molecule has 3 N–H and O–H groups in total. The largest absolute Gasteiger partial charge is 0.396 e. The lowest BCUT2D eigenvalue weighted by molar-refractivity contribution is -0.116. The van der Waals surface area contributed by atoms with E-state index < -0.39 is 0 Å². The number of hydrogen-bond donors (Lipinski definition) is 2. The Bertz CT molecular complexity index is 456. The number of tetrazole rings is 1. The molecule has 0 atom stereocenters. The van der Waals surface area contributed by atoms with E-state index in [-0.39, 0.29) is 18.4 Å². The minimum Gasteiger partial charge on any atom is -0.396 e.